The fourth-order valence-electron chi connectivity index (χ4n) is 3.22. The fourth-order valence-corrected chi connectivity index (χ4v) is 3.81. The average molecular weight is 393 g/mol. The summed E-state index contributed by atoms with van der Waals surface area (Å²) in [5.74, 6) is -0.723. The fraction of sp³-hybridized carbons (Fsp3) is 0.294. The summed E-state index contributed by atoms with van der Waals surface area (Å²) in [5, 5.41) is 0.358. The maximum atomic E-state index is 14.6. The van der Waals surface area contributed by atoms with Crippen LogP contribution in [0.2, 0.25) is 5.02 Å². The summed E-state index contributed by atoms with van der Waals surface area (Å²) in [6, 6.07) is 3.84. The Morgan fingerprint density at radius 3 is 2.77 bits per heavy atom. The van der Waals surface area contributed by atoms with Gasteiger partial charge in [0.2, 0.25) is 0 Å². The minimum absolute atomic E-state index is 0.0183. The van der Waals surface area contributed by atoms with E-state index in [1.165, 1.54) is 23.4 Å². The van der Waals surface area contributed by atoms with E-state index in [0.717, 1.165) is 18.9 Å². The zero-order valence-corrected chi connectivity index (χ0v) is 15.1. The maximum absolute atomic E-state index is 14.6. The highest BCUT2D eigenvalue weighted by atomic mass is 35.5. The third-order valence-electron chi connectivity index (χ3n) is 4.43. The van der Waals surface area contributed by atoms with E-state index in [1.807, 2.05) is 4.90 Å². The number of rotatable bonds is 3. The second-order valence-corrected chi connectivity index (χ2v) is 6.80. The molecule has 1 amide bonds. The molecule has 2 aliphatic heterocycles. The molecule has 4 rings (SSSR count). The second kappa shape index (κ2) is 6.77. The van der Waals surface area contributed by atoms with Gasteiger partial charge in [-0.25, -0.2) is 14.4 Å². The van der Waals surface area contributed by atoms with Crippen LogP contribution in [-0.2, 0) is 4.79 Å². The number of anilines is 1. The number of nitrogens with zero attached hydrogens (tertiary/aromatic N) is 4. The molecule has 2 saturated heterocycles. The number of halogens is 2. The van der Waals surface area contributed by atoms with Crippen molar-refractivity contribution in [2.75, 3.05) is 11.4 Å². The summed E-state index contributed by atoms with van der Waals surface area (Å²) in [6.07, 6.45) is 5.65. The lowest BCUT2D eigenvalue weighted by Crippen LogP contribution is -2.38. The molecule has 0 N–H and O–H groups in total. The number of aromatic nitrogens is 2. The molecule has 0 unspecified atom stereocenters. The van der Waals surface area contributed by atoms with Gasteiger partial charge >= 0.3 is 6.01 Å². The van der Waals surface area contributed by atoms with Gasteiger partial charge in [-0.3, -0.25) is 9.69 Å². The summed E-state index contributed by atoms with van der Waals surface area (Å²) < 4.78 is 20.1. The van der Waals surface area contributed by atoms with Gasteiger partial charge in [0, 0.05) is 25.0 Å². The summed E-state index contributed by atoms with van der Waals surface area (Å²) in [5.41, 5.74) is 0.0183. The highest BCUT2D eigenvalue weighted by Crippen LogP contribution is 2.38. The van der Waals surface area contributed by atoms with E-state index in [4.69, 9.17) is 28.6 Å². The lowest BCUT2D eigenvalue weighted by atomic mass is 10.0. The number of thiocarbonyl (C=S) groups is 1. The van der Waals surface area contributed by atoms with Crippen LogP contribution in [-0.4, -0.2) is 38.5 Å². The topological polar surface area (TPSA) is 58.6 Å². The molecule has 6 nitrogen and oxygen atoms in total. The van der Waals surface area contributed by atoms with Crippen molar-refractivity contribution in [2.24, 2.45) is 0 Å². The van der Waals surface area contributed by atoms with E-state index in [9.17, 15) is 9.18 Å². The molecule has 0 saturated carbocycles. The molecule has 0 aliphatic carbocycles. The number of hydrogen-bond donors (Lipinski definition) is 0. The number of carbonyl (C=O) groups excluding carboxylic acids is 1. The van der Waals surface area contributed by atoms with Gasteiger partial charge in [0.05, 0.1) is 10.7 Å². The van der Waals surface area contributed by atoms with Crippen molar-refractivity contribution >= 4 is 40.5 Å². The first-order chi connectivity index (χ1) is 12.6. The van der Waals surface area contributed by atoms with Crippen molar-refractivity contribution in [3.05, 3.63) is 41.4 Å². The molecular weight excluding hydrogens is 379 g/mol. The molecule has 0 spiro atoms. The monoisotopic (exact) mass is 392 g/mol. The van der Waals surface area contributed by atoms with Crippen molar-refractivity contribution < 1.29 is 13.9 Å². The minimum Gasteiger partial charge on any atom is -0.423 e. The molecule has 26 heavy (non-hydrogen) atoms. The lowest BCUT2D eigenvalue weighted by Gasteiger charge is -2.27. The molecule has 134 valence electrons. The molecule has 0 bridgehead atoms. The highest BCUT2D eigenvalue weighted by molar-refractivity contribution is 7.80. The van der Waals surface area contributed by atoms with Gasteiger partial charge in [-0.05, 0) is 43.6 Å². The predicted molar refractivity (Wildman–Crippen MR) is 97.9 cm³/mol. The van der Waals surface area contributed by atoms with Crippen LogP contribution in [0.3, 0.4) is 0 Å². The quantitative estimate of drug-likeness (QED) is 0.744. The molecule has 2 aromatic rings. The Morgan fingerprint density at radius 2 is 2.04 bits per heavy atom. The Balaban J connectivity index is 1.71. The predicted octanol–water partition coefficient (Wildman–Crippen LogP) is 3.55. The Labute approximate surface area is 159 Å². The molecular formula is C17H14ClFN4O2S. The number of amides is 1. The molecule has 1 aromatic carbocycles. The van der Waals surface area contributed by atoms with Gasteiger partial charge in [0.15, 0.2) is 10.9 Å². The van der Waals surface area contributed by atoms with Crippen LogP contribution in [0.4, 0.5) is 10.1 Å². The van der Waals surface area contributed by atoms with Crippen molar-refractivity contribution in [2.45, 2.75) is 25.3 Å². The van der Waals surface area contributed by atoms with Crippen molar-refractivity contribution in [3.8, 4) is 11.8 Å². The molecule has 3 heterocycles. The standard InChI is InChI=1S/C17H14ClFN4O2S/c18-10-8-11(19)13(9-14(10)25-16-20-5-3-6-21-16)23-15(24)12-4-1-2-7-22(12)17(23)26/h3,5-6,8-9,12H,1-2,4,7H2/t12-/m1/s1. The largest absolute Gasteiger partial charge is 0.423 e. The molecule has 1 atom stereocenters. The van der Waals surface area contributed by atoms with Crippen LogP contribution in [0.25, 0.3) is 0 Å². The van der Waals surface area contributed by atoms with E-state index >= 15 is 0 Å². The summed E-state index contributed by atoms with van der Waals surface area (Å²) in [4.78, 5) is 23.8. The highest BCUT2D eigenvalue weighted by Gasteiger charge is 2.45. The third kappa shape index (κ3) is 2.89. The molecule has 2 fully saturated rings. The van der Waals surface area contributed by atoms with E-state index in [-0.39, 0.29) is 34.4 Å². The van der Waals surface area contributed by atoms with E-state index in [0.29, 0.717) is 18.1 Å². The number of benzene rings is 1. The van der Waals surface area contributed by atoms with Crippen LogP contribution < -0.4 is 9.64 Å². The van der Waals surface area contributed by atoms with Crippen LogP contribution in [0.15, 0.2) is 30.6 Å². The first kappa shape index (κ1) is 17.1. The first-order valence-electron chi connectivity index (χ1n) is 8.15. The van der Waals surface area contributed by atoms with Crippen molar-refractivity contribution in [1.82, 2.24) is 14.9 Å². The van der Waals surface area contributed by atoms with Crippen LogP contribution in [0, 0.1) is 5.82 Å². The number of piperidine rings is 1. The number of ether oxygens (including phenoxy) is 1. The van der Waals surface area contributed by atoms with Crippen LogP contribution in [0.1, 0.15) is 19.3 Å². The lowest BCUT2D eigenvalue weighted by molar-refractivity contribution is -0.120. The Kier molecular flexibility index (Phi) is 4.46. The van der Waals surface area contributed by atoms with Gasteiger partial charge in [-0.15, -0.1) is 0 Å². The van der Waals surface area contributed by atoms with E-state index in [1.54, 1.807) is 6.07 Å². The van der Waals surface area contributed by atoms with Crippen molar-refractivity contribution in [3.63, 3.8) is 0 Å². The molecule has 2 aliphatic rings. The normalized spacial score (nSPS) is 19.7. The zero-order chi connectivity index (χ0) is 18.3. The van der Waals surface area contributed by atoms with Gasteiger partial charge < -0.3 is 9.64 Å². The average Bonchev–Trinajstić information content (AvgIpc) is 2.90. The maximum Gasteiger partial charge on any atom is 0.321 e. The minimum atomic E-state index is -0.646. The van der Waals surface area contributed by atoms with E-state index < -0.39 is 5.82 Å². The summed E-state index contributed by atoms with van der Waals surface area (Å²) in [7, 11) is 0. The molecule has 9 heteroatoms. The van der Waals surface area contributed by atoms with E-state index in [2.05, 4.69) is 9.97 Å². The van der Waals surface area contributed by atoms with Gasteiger partial charge in [-0.2, -0.15) is 0 Å². The number of fused-ring (bicyclic) bond motifs is 1. The first-order valence-corrected chi connectivity index (χ1v) is 8.93. The Bertz CT molecular complexity index is 859. The number of carbonyl (C=O) groups is 1. The molecule has 1 aromatic heterocycles. The second-order valence-electron chi connectivity index (χ2n) is 6.03. The van der Waals surface area contributed by atoms with Crippen molar-refractivity contribution in [1.29, 1.82) is 0 Å². The van der Waals surface area contributed by atoms with Crippen LogP contribution in [0.5, 0.6) is 11.8 Å². The van der Waals surface area contributed by atoms with Crippen LogP contribution >= 0.6 is 23.8 Å². The van der Waals surface area contributed by atoms with Gasteiger partial charge in [0.25, 0.3) is 5.91 Å². The van der Waals surface area contributed by atoms with Gasteiger partial charge in [0.1, 0.15) is 11.9 Å². The summed E-state index contributed by atoms with van der Waals surface area (Å²) in [6.45, 7) is 0.697. The number of hydrogen-bond acceptors (Lipinski definition) is 5. The SMILES string of the molecule is O=C1[C@H]2CCCCN2C(=S)N1c1cc(Oc2ncccn2)c(Cl)cc1F. The third-order valence-corrected chi connectivity index (χ3v) is 5.14. The molecule has 0 radical (unpaired) electrons. The Hall–Kier alpha value is -2.32. The Morgan fingerprint density at radius 1 is 1.27 bits per heavy atom. The zero-order valence-electron chi connectivity index (χ0n) is 13.6. The summed E-state index contributed by atoms with van der Waals surface area (Å²) >= 11 is 11.5. The smallest absolute Gasteiger partial charge is 0.321 e. The van der Waals surface area contributed by atoms with Gasteiger partial charge in [-0.1, -0.05) is 11.6 Å².